The van der Waals surface area contributed by atoms with Crippen molar-refractivity contribution < 1.29 is 4.79 Å². The van der Waals surface area contributed by atoms with E-state index in [2.05, 4.69) is 34.7 Å². The summed E-state index contributed by atoms with van der Waals surface area (Å²) >= 11 is 3.46. The Morgan fingerprint density at radius 2 is 1.80 bits per heavy atom. The maximum absolute atomic E-state index is 12.4. The van der Waals surface area contributed by atoms with Gasteiger partial charge in [-0.15, -0.1) is 0 Å². The summed E-state index contributed by atoms with van der Waals surface area (Å²) in [6, 6.07) is 7.70. The van der Waals surface area contributed by atoms with Crippen LogP contribution in [0.15, 0.2) is 28.7 Å². The summed E-state index contributed by atoms with van der Waals surface area (Å²) in [4.78, 5) is 14.7. The number of hydrogen-bond donors (Lipinski definition) is 0. The highest BCUT2D eigenvalue weighted by Crippen LogP contribution is 2.37. The van der Waals surface area contributed by atoms with Crippen molar-refractivity contribution in [2.45, 2.75) is 39.5 Å². The standard InChI is InChI=1S/C17H24BrNO/c1-3-17(4-2)9-11-19(12-10-17)13-16(20)14-7-5-6-8-15(14)18/h5-8H,3-4,9-13H2,1-2H3. The summed E-state index contributed by atoms with van der Waals surface area (Å²) in [5, 5.41) is 0. The molecule has 1 aromatic carbocycles. The lowest BCUT2D eigenvalue weighted by Crippen LogP contribution is -2.41. The fraction of sp³-hybridized carbons (Fsp3) is 0.588. The molecule has 0 atom stereocenters. The maximum atomic E-state index is 12.4. The first-order chi connectivity index (χ1) is 9.60. The number of nitrogens with zero attached hydrogens (tertiary/aromatic N) is 1. The molecule has 1 heterocycles. The van der Waals surface area contributed by atoms with E-state index >= 15 is 0 Å². The van der Waals surface area contributed by atoms with Crippen LogP contribution in [-0.4, -0.2) is 30.3 Å². The highest BCUT2D eigenvalue weighted by molar-refractivity contribution is 9.10. The number of benzene rings is 1. The van der Waals surface area contributed by atoms with Gasteiger partial charge >= 0.3 is 0 Å². The van der Waals surface area contributed by atoms with Crippen molar-refractivity contribution in [3.05, 3.63) is 34.3 Å². The fourth-order valence-corrected chi connectivity index (χ4v) is 3.62. The molecule has 0 saturated carbocycles. The zero-order valence-corrected chi connectivity index (χ0v) is 14.1. The minimum Gasteiger partial charge on any atom is -0.296 e. The van der Waals surface area contributed by atoms with Crippen LogP contribution in [-0.2, 0) is 0 Å². The lowest BCUT2D eigenvalue weighted by molar-refractivity contribution is 0.0755. The molecule has 0 amide bonds. The number of hydrogen-bond acceptors (Lipinski definition) is 2. The smallest absolute Gasteiger partial charge is 0.177 e. The molecule has 1 fully saturated rings. The van der Waals surface area contributed by atoms with Gasteiger partial charge in [0.25, 0.3) is 0 Å². The van der Waals surface area contributed by atoms with Gasteiger partial charge < -0.3 is 0 Å². The molecule has 2 nitrogen and oxygen atoms in total. The maximum Gasteiger partial charge on any atom is 0.177 e. The Kier molecular flexibility index (Phi) is 5.39. The van der Waals surface area contributed by atoms with Crippen molar-refractivity contribution in [1.82, 2.24) is 4.90 Å². The first-order valence-electron chi connectivity index (χ1n) is 7.60. The topological polar surface area (TPSA) is 20.3 Å². The Labute approximate surface area is 130 Å². The van der Waals surface area contributed by atoms with E-state index < -0.39 is 0 Å². The van der Waals surface area contributed by atoms with Gasteiger partial charge in [0.05, 0.1) is 6.54 Å². The highest BCUT2D eigenvalue weighted by atomic mass is 79.9. The predicted octanol–water partition coefficient (Wildman–Crippen LogP) is 4.53. The lowest BCUT2D eigenvalue weighted by atomic mass is 9.74. The average molecular weight is 338 g/mol. The van der Waals surface area contributed by atoms with Gasteiger partial charge in [-0.25, -0.2) is 0 Å². The van der Waals surface area contributed by atoms with E-state index in [4.69, 9.17) is 0 Å². The van der Waals surface area contributed by atoms with Gasteiger partial charge in [-0.1, -0.05) is 60.8 Å². The van der Waals surface area contributed by atoms with Crippen LogP contribution in [0.1, 0.15) is 49.9 Å². The van der Waals surface area contributed by atoms with Gasteiger partial charge in [0.15, 0.2) is 5.78 Å². The Morgan fingerprint density at radius 3 is 2.35 bits per heavy atom. The normalized spacial score (nSPS) is 18.9. The zero-order valence-electron chi connectivity index (χ0n) is 12.5. The molecular weight excluding hydrogens is 314 g/mol. The molecule has 1 aromatic rings. The quantitative estimate of drug-likeness (QED) is 0.735. The second-order valence-corrected chi connectivity index (χ2v) is 6.74. The van der Waals surface area contributed by atoms with Crippen LogP contribution < -0.4 is 0 Å². The van der Waals surface area contributed by atoms with Crippen LogP contribution >= 0.6 is 15.9 Å². The van der Waals surface area contributed by atoms with E-state index in [-0.39, 0.29) is 5.78 Å². The van der Waals surface area contributed by atoms with Crippen molar-refractivity contribution >= 4 is 21.7 Å². The first kappa shape index (κ1) is 15.7. The van der Waals surface area contributed by atoms with Crippen molar-refractivity contribution in [3.8, 4) is 0 Å². The van der Waals surface area contributed by atoms with Crippen molar-refractivity contribution in [1.29, 1.82) is 0 Å². The molecule has 2 rings (SSSR count). The Balaban J connectivity index is 1.93. The Hall–Kier alpha value is -0.670. The molecule has 0 bridgehead atoms. The number of carbonyl (C=O) groups is 1. The number of piperidine rings is 1. The van der Waals surface area contributed by atoms with Crippen LogP contribution in [0.2, 0.25) is 0 Å². The predicted molar refractivity (Wildman–Crippen MR) is 87.2 cm³/mol. The largest absolute Gasteiger partial charge is 0.296 e. The lowest BCUT2D eigenvalue weighted by Gasteiger charge is -2.40. The summed E-state index contributed by atoms with van der Waals surface area (Å²) < 4.78 is 0.901. The molecule has 1 saturated heterocycles. The number of likely N-dealkylation sites (tertiary alicyclic amines) is 1. The summed E-state index contributed by atoms with van der Waals surface area (Å²) in [5.74, 6) is 0.220. The summed E-state index contributed by atoms with van der Waals surface area (Å²) in [5.41, 5.74) is 1.32. The van der Waals surface area contributed by atoms with Gasteiger partial charge in [-0.3, -0.25) is 9.69 Å². The summed E-state index contributed by atoms with van der Waals surface area (Å²) in [6.07, 6.45) is 4.97. The molecule has 1 aliphatic rings. The second-order valence-electron chi connectivity index (χ2n) is 5.89. The molecule has 0 radical (unpaired) electrons. The molecule has 0 spiro atoms. The minimum atomic E-state index is 0.220. The molecule has 0 aliphatic carbocycles. The van der Waals surface area contributed by atoms with Crippen molar-refractivity contribution in [2.75, 3.05) is 19.6 Å². The number of carbonyl (C=O) groups excluding carboxylic acids is 1. The molecule has 0 aromatic heterocycles. The van der Waals surface area contributed by atoms with E-state index in [1.54, 1.807) is 0 Å². The molecule has 3 heteroatoms. The van der Waals surface area contributed by atoms with E-state index in [1.165, 1.54) is 25.7 Å². The summed E-state index contributed by atoms with van der Waals surface area (Å²) in [6.45, 7) is 7.25. The number of rotatable bonds is 5. The van der Waals surface area contributed by atoms with Crippen LogP contribution in [0.3, 0.4) is 0 Å². The molecule has 1 aliphatic heterocycles. The third-order valence-electron chi connectivity index (χ3n) is 4.96. The summed E-state index contributed by atoms with van der Waals surface area (Å²) in [7, 11) is 0. The zero-order chi connectivity index (χ0) is 14.6. The Bertz CT molecular complexity index is 458. The fourth-order valence-electron chi connectivity index (χ4n) is 3.12. The molecule has 0 N–H and O–H groups in total. The van der Waals surface area contributed by atoms with Gasteiger partial charge in [0.1, 0.15) is 0 Å². The van der Waals surface area contributed by atoms with Crippen LogP contribution in [0.4, 0.5) is 0 Å². The third-order valence-corrected chi connectivity index (χ3v) is 5.65. The van der Waals surface area contributed by atoms with Crippen LogP contribution in [0.25, 0.3) is 0 Å². The number of halogens is 1. The van der Waals surface area contributed by atoms with Gasteiger partial charge in [-0.2, -0.15) is 0 Å². The molecular formula is C17H24BrNO. The van der Waals surface area contributed by atoms with Gasteiger partial charge in [0.2, 0.25) is 0 Å². The second kappa shape index (κ2) is 6.86. The van der Waals surface area contributed by atoms with Gasteiger partial charge in [0, 0.05) is 10.0 Å². The van der Waals surface area contributed by atoms with Crippen molar-refractivity contribution in [2.24, 2.45) is 5.41 Å². The van der Waals surface area contributed by atoms with Crippen molar-refractivity contribution in [3.63, 3.8) is 0 Å². The Morgan fingerprint density at radius 1 is 1.20 bits per heavy atom. The van der Waals surface area contributed by atoms with Crippen LogP contribution in [0.5, 0.6) is 0 Å². The van der Waals surface area contributed by atoms with E-state index in [0.717, 1.165) is 23.1 Å². The molecule has 0 unspecified atom stereocenters. The monoisotopic (exact) mass is 337 g/mol. The highest BCUT2D eigenvalue weighted by Gasteiger charge is 2.31. The van der Waals surface area contributed by atoms with E-state index in [0.29, 0.717) is 12.0 Å². The number of Topliss-reactive ketones (excluding diaryl/α,β-unsaturated/α-hetero) is 1. The van der Waals surface area contributed by atoms with Crippen LogP contribution in [0, 0.1) is 5.41 Å². The van der Waals surface area contributed by atoms with E-state index in [1.807, 2.05) is 24.3 Å². The molecule has 110 valence electrons. The average Bonchev–Trinajstić information content (AvgIpc) is 2.49. The third kappa shape index (κ3) is 3.50. The van der Waals surface area contributed by atoms with Gasteiger partial charge in [-0.05, 0) is 37.4 Å². The van der Waals surface area contributed by atoms with E-state index in [9.17, 15) is 4.79 Å². The molecule has 20 heavy (non-hydrogen) atoms. The minimum absolute atomic E-state index is 0.220. The number of ketones is 1. The SMILES string of the molecule is CCC1(CC)CCN(CC(=O)c2ccccc2Br)CC1. The first-order valence-corrected chi connectivity index (χ1v) is 8.39.